The smallest absolute Gasteiger partial charge is 0.0629 e. The second-order valence-corrected chi connectivity index (χ2v) is 4.45. The van der Waals surface area contributed by atoms with E-state index in [1.807, 2.05) is 6.92 Å². The molecular weight excluding hydrogens is 203 g/mol. The van der Waals surface area contributed by atoms with Gasteiger partial charge in [-0.2, -0.15) is 0 Å². The second-order valence-electron chi connectivity index (χ2n) is 3.69. The summed E-state index contributed by atoms with van der Waals surface area (Å²) in [7, 11) is 0. The Morgan fingerprint density at radius 2 is 1.62 bits per heavy atom. The molecule has 0 radical (unpaired) electrons. The maximum atomic E-state index is 6.13. The van der Waals surface area contributed by atoms with E-state index in [9.17, 15) is 0 Å². The van der Waals surface area contributed by atoms with Crippen molar-refractivity contribution in [3.8, 4) is 0 Å². The Balaban J connectivity index is 3.41. The Kier molecular flexibility index (Phi) is 3.26. The fourth-order valence-electron chi connectivity index (χ4n) is 1.29. The van der Waals surface area contributed by atoms with Gasteiger partial charge in [0.05, 0.1) is 10.0 Å². The Morgan fingerprint density at radius 3 is 2.08 bits per heavy atom. The van der Waals surface area contributed by atoms with Crippen molar-refractivity contribution in [1.82, 2.24) is 0 Å². The molecule has 1 aromatic carbocycles. The molecule has 2 heteroatoms. The monoisotopic (exact) mass is 216 g/mol. The first kappa shape index (κ1) is 10.9. The van der Waals surface area contributed by atoms with Gasteiger partial charge >= 0.3 is 0 Å². The van der Waals surface area contributed by atoms with Crippen LogP contribution < -0.4 is 0 Å². The Labute approximate surface area is 89.9 Å². The zero-order valence-electron chi connectivity index (χ0n) is 8.41. The SMILES string of the molecule is Cc1cc(C(C)C)c(Cl)c(Cl)c1C. The van der Waals surface area contributed by atoms with Gasteiger partial charge in [0, 0.05) is 0 Å². The molecule has 0 bridgehead atoms. The minimum Gasteiger partial charge on any atom is -0.0824 e. The third-order valence-electron chi connectivity index (χ3n) is 2.36. The molecule has 72 valence electrons. The van der Waals surface area contributed by atoms with E-state index >= 15 is 0 Å². The molecule has 0 saturated heterocycles. The van der Waals surface area contributed by atoms with Crippen LogP contribution in [0.15, 0.2) is 6.07 Å². The van der Waals surface area contributed by atoms with Gasteiger partial charge in [-0.15, -0.1) is 0 Å². The number of aryl methyl sites for hydroxylation is 1. The zero-order chi connectivity index (χ0) is 10.2. The van der Waals surface area contributed by atoms with Crippen molar-refractivity contribution in [1.29, 1.82) is 0 Å². The minimum absolute atomic E-state index is 0.421. The van der Waals surface area contributed by atoms with Gasteiger partial charge in [-0.25, -0.2) is 0 Å². The molecule has 0 heterocycles. The lowest BCUT2D eigenvalue weighted by molar-refractivity contribution is 0.864. The highest BCUT2D eigenvalue weighted by Crippen LogP contribution is 2.35. The maximum absolute atomic E-state index is 6.13. The molecule has 0 fully saturated rings. The molecule has 0 unspecified atom stereocenters. The van der Waals surface area contributed by atoms with E-state index in [-0.39, 0.29) is 0 Å². The molecule has 0 aliphatic carbocycles. The number of hydrogen-bond acceptors (Lipinski definition) is 0. The van der Waals surface area contributed by atoms with Crippen molar-refractivity contribution < 1.29 is 0 Å². The standard InChI is InChI=1S/C11H14Cl2/c1-6(2)9-5-7(3)8(4)10(12)11(9)13/h5-6H,1-4H3. The van der Waals surface area contributed by atoms with Gasteiger partial charge in [-0.1, -0.05) is 43.1 Å². The second kappa shape index (κ2) is 3.89. The number of hydrogen-bond donors (Lipinski definition) is 0. The highest BCUT2D eigenvalue weighted by molar-refractivity contribution is 6.43. The summed E-state index contributed by atoms with van der Waals surface area (Å²) in [5.74, 6) is 0.421. The average molecular weight is 217 g/mol. The minimum atomic E-state index is 0.421. The predicted octanol–water partition coefficient (Wildman–Crippen LogP) is 4.73. The van der Waals surface area contributed by atoms with Crippen molar-refractivity contribution >= 4 is 23.2 Å². The van der Waals surface area contributed by atoms with Crippen LogP contribution in [0.25, 0.3) is 0 Å². The van der Waals surface area contributed by atoms with Crippen LogP contribution in [0.2, 0.25) is 10.0 Å². The van der Waals surface area contributed by atoms with Gasteiger partial charge in [-0.05, 0) is 36.5 Å². The van der Waals surface area contributed by atoms with Crippen LogP contribution in [-0.4, -0.2) is 0 Å². The van der Waals surface area contributed by atoms with Crippen LogP contribution >= 0.6 is 23.2 Å². The van der Waals surface area contributed by atoms with Gasteiger partial charge in [0.25, 0.3) is 0 Å². The highest BCUT2D eigenvalue weighted by Gasteiger charge is 2.12. The molecule has 0 saturated carbocycles. The molecule has 13 heavy (non-hydrogen) atoms. The fraction of sp³-hybridized carbons (Fsp3) is 0.455. The van der Waals surface area contributed by atoms with Crippen molar-refractivity contribution in [2.75, 3.05) is 0 Å². The van der Waals surface area contributed by atoms with Crippen LogP contribution in [0.1, 0.15) is 36.5 Å². The lowest BCUT2D eigenvalue weighted by Crippen LogP contribution is -1.94. The third kappa shape index (κ3) is 2.00. The van der Waals surface area contributed by atoms with E-state index in [0.717, 1.165) is 11.1 Å². The van der Waals surface area contributed by atoms with E-state index in [4.69, 9.17) is 23.2 Å². The van der Waals surface area contributed by atoms with Gasteiger partial charge in [0.15, 0.2) is 0 Å². The number of benzene rings is 1. The topological polar surface area (TPSA) is 0 Å². The van der Waals surface area contributed by atoms with Crippen molar-refractivity contribution in [2.24, 2.45) is 0 Å². The first-order valence-corrected chi connectivity index (χ1v) is 5.15. The molecule has 0 aliphatic rings. The summed E-state index contributed by atoms with van der Waals surface area (Å²) in [6.45, 7) is 8.29. The van der Waals surface area contributed by atoms with Crippen LogP contribution in [-0.2, 0) is 0 Å². The van der Waals surface area contributed by atoms with Crippen LogP contribution in [0, 0.1) is 13.8 Å². The van der Waals surface area contributed by atoms with E-state index in [1.165, 1.54) is 5.56 Å². The Morgan fingerprint density at radius 1 is 1.08 bits per heavy atom. The lowest BCUT2D eigenvalue weighted by atomic mass is 9.98. The molecule has 0 N–H and O–H groups in total. The third-order valence-corrected chi connectivity index (χ3v) is 3.34. The van der Waals surface area contributed by atoms with E-state index in [1.54, 1.807) is 0 Å². The normalized spacial score (nSPS) is 11.0. The molecule has 0 aliphatic heterocycles. The largest absolute Gasteiger partial charge is 0.0824 e. The molecule has 0 spiro atoms. The van der Waals surface area contributed by atoms with Crippen LogP contribution in [0.3, 0.4) is 0 Å². The van der Waals surface area contributed by atoms with Gasteiger partial charge in [-0.3, -0.25) is 0 Å². The number of halogens is 2. The Hall–Kier alpha value is -0.200. The Bertz CT molecular complexity index is 327. The summed E-state index contributed by atoms with van der Waals surface area (Å²) in [6.07, 6.45) is 0. The summed E-state index contributed by atoms with van der Waals surface area (Å²) < 4.78 is 0. The average Bonchev–Trinajstić information content (AvgIpc) is 2.07. The molecule has 1 rings (SSSR count). The maximum Gasteiger partial charge on any atom is 0.0629 e. The van der Waals surface area contributed by atoms with E-state index in [0.29, 0.717) is 16.0 Å². The van der Waals surface area contributed by atoms with Crippen LogP contribution in [0.5, 0.6) is 0 Å². The molecule has 0 atom stereocenters. The zero-order valence-corrected chi connectivity index (χ0v) is 9.92. The molecule has 1 aromatic rings. The summed E-state index contributed by atoms with van der Waals surface area (Å²) in [4.78, 5) is 0. The molecule has 0 nitrogen and oxygen atoms in total. The van der Waals surface area contributed by atoms with Gasteiger partial charge in [0.2, 0.25) is 0 Å². The fourth-order valence-corrected chi connectivity index (χ4v) is 1.96. The first-order chi connectivity index (χ1) is 5.95. The summed E-state index contributed by atoms with van der Waals surface area (Å²) in [5, 5.41) is 1.41. The van der Waals surface area contributed by atoms with Gasteiger partial charge < -0.3 is 0 Å². The number of rotatable bonds is 1. The van der Waals surface area contributed by atoms with Crippen LogP contribution in [0.4, 0.5) is 0 Å². The van der Waals surface area contributed by atoms with E-state index < -0.39 is 0 Å². The van der Waals surface area contributed by atoms with Gasteiger partial charge in [0.1, 0.15) is 0 Å². The first-order valence-electron chi connectivity index (χ1n) is 4.40. The summed E-state index contributed by atoms with van der Waals surface area (Å²) in [6, 6.07) is 2.12. The molecule has 0 aromatic heterocycles. The molecule has 0 amide bonds. The quantitative estimate of drug-likeness (QED) is 0.637. The van der Waals surface area contributed by atoms with Crippen molar-refractivity contribution in [2.45, 2.75) is 33.6 Å². The summed E-state index contributed by atoms with van der Waals surface area (Å²) in [5.41, 5.74) is 3.42. The van der Waals surface area contributed by atoms with Crippen molar-refractivity contribution in [3.63, 3.8) is 0 Å². The summed E-state index contributed by atoms with van der Waals surface area (Å²) >= 11 is 12.2. The predicted molar refractivity (Wildman–Crippen MR) is 60.0 cm³/mol. The molecular formula is C11H14Cl2. The van der Waals surface area contributed by atoms with Crippen molar-refractivity contribution in [3.05, 3.63) is 32.8 Å². The lowest BCUT2D eigenvalue weighted by Gasteiger charge is -2.13. The van der Waals surface area contributed by atoms with E-state index in [2.05, 4.69) is 26.8 Å². The highest BCUT2D eigenvalue weighted by atomic mass is 35.5.